The Hall–Kier alpha value is -1.72. The monoisotopic (exact) mass is 240 g/mol. The highest BCUT2D eigenvalue weighted by Crippen LogP contribution is 2.17. The predicted molar refractivity (Wildman–Crippen MR) is 65.4 cm³/mol. The number of alkyl carbamates (subject to hydrolysis) is 1. The Balaban J connectivity index is 2.62. The largest absolute Gasteiger partial charge is 0.444 e. The summed E-state index contributed by atoms with van der Waals surface area (Å²) in [5.74, 6) is 0.407. The number of hydrogen-bond donors (Lipinski definition) is 3. The minimum atomic E-state index is -0.505. The lowest BCUT2D eigenvalue weighted by Crippen LogP contribution is -2.34. The van der Waals surface area contributed by atoms with Crippen LogP contribution in [0.3, 0.4) is 0 Å². The number of carbonyl (C=O) groups excluding carboxylic acids is 1. The molecule has 6 nitrogen and oxygen atoms in total. The molecule has 0 saturated heterocycles. The molecule has 0 aliphatic carbocycles. The second-order valence-electron chi connectivity index (χ2n) is 4.86. The van der Waals surface area contributed by atoms with Crippen molar-refractivity contribution in [1.82, 2.24) is 15.5 Å². The number of aromatic amines is 1. The highest BCUT2D eigenvalue weighted by Gasteiger charge is 2.20. The number of rotatable bonds is 3. The first kappa shape index (κ1) is 13.3. The fourth-order valence-electron chi connectivity index (χ4n) is 1.38. The van der Waals surface area contributed by atoms with Crippen LogP contribution in [0.15, 0.2) is 6.07 Å². The molecule has 0 spiro atoms. The van der Waals surface area contributed by atoms with E-state index in [1.54, 1.807) is 6.07 Å². The van der Waals surface area contributed by atoms with E-state index in [9.17, 15) is 4.79 Å². The molecule has 0 radical (unpaired) electrons. The first-order chi connectivity index (χ1) is 7.81. The number of ether oxygens (including phenoxy) is 1. The molecule has 17 heavy (non-hydrogen) atoms. The number of aromatic nitrogens is 2. The lowest BCUT2D eigenvalue weighted by Gasteiger charge is -2.22. The van der Waals surface area contributed by atoms with Gasteiger partial charge in [-0.15, -0.1) is 0 Å². The number of anilines is 1. The van der Waals surface area contributed by atoms with E-state index in [4.69, 9.17) is 10.5 Å². The van der Waals surface area contributed by atoms with E-state index < -0.39 is 11.7 Å². The quantitative estimate of drug-likeness (QED) is 0.753. The molecule has 1 aromatic rings. The average molecular weight is 240 g/mol. The zero-order chi connectivity index (χ0) is 13.1. The highest BCUT2D eigenvalue weighted by atomic mass is 16.6. The Morgan fingerprint density at radius 3 is 2.71 bits per heavy atom. The zero-order valence-electron chi connectivity index (χ0n) is 10.7. The molecule has 0 aliphatic heterocycles. The second kappa shape index (κ2) is 5.07. The summed E-state index contributed by atoms with van der Waals surface area (Å²) in [6.45, 7) is 7.42. The van der Waals surface area contributed by atoms with Gasteiger partial charge >= 0.3 is 6.09 Å². The van der Waals surface area contributed by atoms with Gasteiger partial charge in [-0.2, -0.15) is 5.10 Å². The van der Waals surface area contributed by atoms with E-state index in [-0.39, 0.29) is 6.04 Å². The Kier molecular flexibility index (Phi) is 3.98. The van der Waals surface area contributed by atoms with Gasteiger partial charge in [-0.05, 0) is 27.2 Å². The van der Waals surface area contributed by atoms with Gasteiger partial charge in [-0.3, -0.25) is 5.10 Å². The minimum Gasteiger partial charge on any atom is -0.444 e. The van der Waals surface area contributed by atoms with Gasteiger partial charge in [-0.1, -0.05) is 6.92 Å². The normalized spacial score (nSPS) is 13.2. The van der Waals surface area contributed by atoms with Crippen LogP contribution in [0.4, 0.5) is 10.6 Å². The molecule has 0 unspecified atom stereocenters. The summed E-state index contributed by atoms with van der Waals surface area (Å²) in [4.78, 5) is 11.6. The molecule has 0 bridgehead atoms. The molecule has 1 heterocycles. The Morgan fingerprint density at radius 1 is 1.65 bits per heavy atom. The van der Waals surface area contributed by atoms with E-state index in [0.717, 1.165) is 12.1 Å². The Labute approximate surface area is 101 Å². The molecule has 0 aromatic carbocycles. The standard InChI is InChI=1S/C11H20N4O2/c1-5-7(8-6-9(12)15-14-8)13-10(16)17-11(2,3)4/h6-7H,5H2,1-4H3,(H,13,16)(H3,12,14,15)/t7-/m0/s1. The van der Waals surface area contributed by atoms with Crippen LogP contribution < -0.4 is 11.1 Å². The van der Waals surface area contributed by atoms with Crippen LogP contribution in [0, 0.1) is 0 Å². The predicted octanol–water partition coefficient (Wildman–Crippen LogP) is 1.97. The molecular weight excluding hydrogens is 220 g/mol. The van der Waals surface area contributed by atoms with Crippen LogP contribution in [0.5, 0.6) is 0 Å². The molecular formula is C11H20N4O2. The van der Waals surface area contributed by atoms with E-state index in [0.29, 0.717) is 5.82 Å². The van der Waals surface area contributed by atoms with Crippen LogP contribution in [0.25, 0.3) is 0 Å². The van der Waals surface area contributed by atoms with Gasteiger partial charge in [0.25, 0.3) is 0 Å². The van der Waals surface area contributed by atoms with Crippen molar-refractivity contribution < 1.29 is 9.53 Å². The number of H-pyrrole nitrogens is 1. The van der Waals surface area contributed by atoms with Crippen LogP contribution in [-0.4, -0.2) is 21.9 Å². The summed E-state index contributed by atoms with van der Waals surface area (Å²) < 4.78 is 5.18. The summed E-state index contributed by atoms with van der Waals surface area (Å²) >= 11 is 0. The zero-order valence-corrected chi connectivity index (χ0v) is 10.7. The summed E-state index contributed by atoms with van der Waals surface area (Å²) in [6, 6.07) is 1.53. The average Bonchev–Trinajstić information content (AvgIpc) is 2.58. The van der Waals surface area contributed by atoms with E-state index >= 15 is 0 Å². The Morgan fingerprint density at radius 2 is 2.29 bits per heavy atom. The van der Waals surface area contributed by atoms with Crippen LogP contribution in [0.2, 0.25) is 0 Å². The summed E-state index contributed by atoms with van der Waals surface area (Å²) in [5.41, 5.74) is 5.79. The summed E-state index contributed by atoms with van der Waals surface area (Å²) in [6.07, 6.45) is 0.276. The van der Waals surface area contributed by atoms with Gasteiger partial charge in [0.1, 0.15) is 11.4 Å². The number of nitrogens with one attached hydrogen (secondary N) is 2. The fourth-order valence-corrected chi connectivity index (χ4v) is 1.38. The number of carbonyl (C=O) groups is 1. The van der Waals surface area contributed by atoms with Gasteiger partial charge in [0.15, 0.2) is 0 Å². The molecule has 1 rings (SSSR count). The van der Waals surface area contributed by atoms with Gasteiger partial charge in [0.2, 0.25) is 0 Å². The third-order valence-electron chi connectivity index (χ3n) is 2.09. The fraction of sp³-hybridized carbons (Fsp3) is 0.636. The number of nitrogens with zero attached hydrogens (tertiary/aromatic N) is 1. The number of nitrogen functional groups attached to an aromatic ring is 1. The molecule has 0 saturated carbocycles. The lowest BCUT2D eigenvalue weighted by atomic mass is 10.1. The van der Waals surface area contributed by atoms with Gasteiger partial charge in [-0.25, -0.2) is 4.79 Å². The van der Waals surface area contributed by atoms with Gasteiger partial charge in [0.05, 0.1) is 11.7 Å². The maximum absolute atomic E-state index is 11.6. The highest BCUT2D eigenvalue weighted by molar-refractivity contribution is 5.68. The second-order valence-corrected chi connectivity index (χ2v) is 4.86. The van der Waals surface area contributed by atoms with E-state index in [1.807, 2.05) is 27.7 Å². The number of nitrogens with two attached hydrogens (primary N) is 1. The van der Waals surface area contributed by atoms with Gasteiger partial charge < -0.3 is 15.8 Å². The third kappa shape index (κ3) is 4.34. The van der Waals surface area contributed by atoms with Crippen molar-refractivity contribution in [1.29, 1.82) is 0 Å². The molecule has 1 atom stereocenters. The Bertz CT molecular complexity index is 381. The number of hydrogen-bond acceptors (Lipinski definition) is 4. The molecule has 1 amide bonds. The van der Waals surface area contributed by atoms with Crippen molar-refractivity contribution in [3.05, 3.63) is 11.8 Å². The maximum atomic E-state index is 11.6. The van der Waals surface area contributed by atoms with Crippen molar-refractivity contribution in [3.63, 3.8) is 0 Å². The minimum absolute atomic E-state index is 0.172. The van der Waals surface area contributed by atoms with Crippen molar-refractivity contribution in [2.45, 2.75) is 45.8 Å². The van der Waals surface area contributed by atoms with Gasteiger partial charge in [0, 0.05) is 6.07 Å². The maximum Gasteiger partial charge on any atom is 0.408 e. The van der Waals surface area contributed by atoms with E-state index in [1.165, 1.54) is 0 Å². The molecule has 1 aromatic heterocycles. The SMILES string of the molecule is CC[C@H](NC(=O)OC(C)(C)C)c1cc(N)n[nH]1. The third-order valence-corrected chi connectivity index (χ3v) is 2.09. The van der Waals surface area contributed by atoms with Crippen molar-refractivity contribution in [2.24, 2.45) is 0 Å². The summed E-state index contributed by atoms with van der Waals surface area (Å²) in [5, 5.41) is 9.37. The van der Waals surface area contributed by atoms with Crippen LogP contribution in [0.1, 0.15) is 45.9 Å². The first-order valence-corrected chi connectivity index (χ1v) is 5.62. The van der Waals surface area contributed by atoms with Crippen molar-refractivity contribution >= 4 is 11.9 Å². The topological polar surface area (TPSA) is 93.0 Å². The van der Waals surface area contributed by atoms with E-state index in [2.05, 4.69) is 15.5 Å². The molecule has 96 valence electrons. The van der Waals surface area contributed by atoms with Crippen molar-refractivity contribution in [2.75, 3.05) is 5.73 Å². The molecule has 0 aliphatic rings. The van der Waals surface area contributed by atoms with Crippen molar-refractivity contribution in [3.8, 4) is 0 Å². The molecule has 6 heteroatoms. The molecule has 4 N–H and O–H groups in total. The first-order valence-electron chi connectivity index (χ1n) is 5.62. The van der Waals surface area contributed by atoms with Crippen LogP contribution >= 0.6 is 0 Å². The molecule has 0 fully saturated rings. The number of amides is 1. The lowest BCUT2D eigenvalue weighted by molar-refractivity contribution is 0.0501. The summed E-state index contributed by atoms with van der Waals surface area (Å²) in [7, 11) is 0. The smallest absolute Gasteiger partial charge is 0.408 e. The van der Waals surface area contributed by atoms with Crippen LogP contribution in [-0.2, 0) is 4.74 Å².